The molecule has 3 rings (SSSR count). The van der Waals surface area contributed by atoms with Gasteiger partial charge >= 0.3 is 0 Å². The minimum Gasteiger partial charge on any atom is -0.365 e. The Kier molecular flexibility index (Phi) is 6.85. The van der Waals surface area contributed by atoms with Crippen LogP contribution in [0.25, 0.3) is 0 Å². The van der Waals surface area contributed by atoms with Crippen LogP contribution in [-0.2, 0) is 4.79 Å². The van der Waals surface area contributed by atoms with Crippen LogP contribution in [0.15, 0.2) is 60.7 Å². The molecule has 5 nitrogen and oxygen atoms in total. The molecule has 2 unspecified atom stereocenters. The van der Waals surface area contributed by atoms with E-state index in [2.05, 4.69) is 35.1 Å². The number of carbonyl (C=O) groups excluding carboxylic acids is 1. The third-order valence-electron chi connectivity index (χ3n) is 5.23. The fraction of sp³-hybridized carbons (Fsp3) is 0.409. The summed E-state index contributed by atoms with van der Waals surface area (Å²) >= 11 is 0. The van der Waals surface area contributed by atoms with Gasteiger partial charge in [0.2, 0.25) is 5.91 Å². The molecule has 1 aliphatic heterocycles. The second kappa shape index (κ2) is 9.53. The average molecular weight is 367 g/mol. The standard InChI is InChI=1S/C22H30N4O/c1-25(22(27)17-26(2)20-13-7-4-8-14-20)15-9-12-19-16-21(24-23-19)18-10-5-3-6-11-18/h3-8,10-11,13-14,19,21,23-24H,9,12,15-17H2,1-2H3. The Labute approximate surface area is 162 Å². The quantitative estimate of drug-likeness (QED) is 0.754. The highest BCUT2D eigenvalue weighted by atomic mass is 16.2. The first-order valence-corrected chi connectivity index (χ1v) is 9.69. The highest BCUT2D eigenvalue weighted by Gasteiger charge is 2.24. The van der Waals surface area contributed by atoms with Crippen molar-refractivity contribution < 1.29 is 4.79 Å². The van der Waals surface area contributed by atoms with Gasteiger partial charge in [0.15, 0.2) is 0 Å². The van der Waals surface area contributed by atoms with Crippen LogP contribution in [0.5, 0.6) is 0 Å². The molecule has 2 N–H and O–H groups in total. The van der Waals surface area contributed by atoms with Crippen molar-refractivity contribution in [2.75, 3.05) is 32.1 Å². The first-order chi connectivity index (χ1) is 13.1. The monoisotopic (exact) mass is 366 g/mol. The van der Waals surface area contributed by atoms with Gasteiger partial charge in [-0.2, -0.15) is 0 Å². The number of hydrazine groups is 1. The van der Waals surface area contributed by atoms with E-state index in [0.717, 1.165) is 31.5 Å². The highest BCUT2D eigenvalue weighted by molar-refractivity contribution is 5.81. The minimum atomic E-state index is 0.154. The number of para-hydroxylation sites is 1. The molecule has 1 fully saturated rings. The minimum absolute atomic E-state index is 0.154. The van der Waals surface area contributed by atoms with Crippen molar-refractivity contribution in [1.29, 1.82) is 0 Å². The van der Waals surface area contributed by atoms with E-state index in [9.17, 15) is 4.79 Å². The van der Waals surface area contributed by atoms with Gasteiger partial charge in [0.05, 0.1) is 6.54 Å². The van der Waals surface area contributed by atoms with Gasteiger partial charge in [-0.1, -0.05) is 48.5 Å². The Hall–Kier alpha value is -2.37. The molecule has 0 bridgehead atoms. The van der Waals surface area contributed by atoms with Crippen molar-refractivity contribution in [2.24, 2.45) is 0 Å². The van der Waals surface area contributed by atoms with E-state index in [1.807, 2.05) is 60.3 Å². The third kappa shape index (κ3) is 5.55. The Balaban J connectivity index is 1.37. The molecule has 0 aromatic heterocycles. The third-order valence-corrected chi connectivity index (χ3v) is 5.23. The van der Waals surface area contributed by atoms with Crippen LogP contribution in [0, 0.1) is 0 Å². The lowest BCUT2D eigenvalue weighted by atomic mass is 10.00. The molecule has 0 saturated carbocycles. The molecule has 27 heavy (non-hydrogen) atoms. The predicted molar refractivity (Wildman–Crippen MR) is 110 cm³/mol. The number of anilines is 1. The zero-order chi connectivity index (χ0) is 19.1. The Morgan fingerprint density at radius 3 is 2.37 bits per heavy atom. The van der Waals surface area contributed by atoms with E-state index in [1.165, 1.54) is 5.56 Å². The summed E-state index contributed by atoms with van der Waals surface area (Å²) in [7, 11) is 3.85. The van der Waals surface area contributed by atoms with E-state index in [0.29, 0.717) is 18.6 Å². The lowest BCUT2D eigenvalue weighted by Gasteiger charge is -2.23. The maximum atomic E-state index is 12.4. The molecule has 2 aromatic carbocycles. The van der Waals surface area contributed by atoms with Gasteiger partial charge < -0.3 is 9.80 Å². The van der Waals surface area contributed by atoms with Crippen molar-refractivity contribution in [2.45, 2.75) is 31.3 Å². The number of hydrogen-bond acceptors (Lipinski definition) is 4. The molecule has 1 saturated heterocycles. The summed E-state index contributed by atoms with van der Waals surface area (Å²) in [5.41, 5.74) is 9.18. The van der Waals surface area contributed by atoms with Crippen LogP contribution >= 0.6 is 0 Å². The van der Waals surface area contributed by atoms with Gasteiger partial charge in [-0.05, 0) is 37.0 Å². The molecule has 2 atom stereocenters. The molecule has 1 aliphatic rings. The predicted octanol–water partition coefficient (Wildman–Crippen LogP) is 2.97. The topological polar surface area (TPSA) is 47.6 Å². The van der Waals surface area contributed by atoms with Crippen molar-refractivity contribution >= 4 is 11.6 Å². The number of carbonyl (C=O) groups is 1. The van der Waals surface area contributed by atoms with Crippen molar-refractivity contribution in [3.63, 3.8) is 0 Å². The Bertz CT molecular complexity index is 707. The van der Waals surface area contributed by atoms with Crippen LogP contribution in [0.3, 0.4) is 0 Å². The van der Waals surface area contributed by atoms with Gasteiger partial charge in [0, 0.05) is 38.4 Å². The van der Waals surface area contributed by atoms with E-state index >= 15 is 0 Å². The largest absolute Gasteiger partial charge is 0.365 e. The smallest absolute Gasteiger partial charge is 0.241 e. The van der Waals surface area contributed by atoms with Gasteiger partial charge in [0.1, 0.15) is 0 Å². The normalized spacial score (nSPS) is 19.0. The van der Waals surface area contributed by atoms with Gasteiger partial charge in [-0.3, -0.25) is 15.6 Å². The first kappa shape index (κ1) is 19.4. The summed E-state index contributed by atoms with van der Waals surface area (Å²) in [6, 6.07) is 21.4. The van der Waals surface area contributed by atoms with E-state index in [-0.39, 0.29) is 5.91 Å². The Morgan fingerprint density at radius 1 is 1.00 bits per heavy atom. The second-order valence-electron chi connectivity index (χ2n) is 7.33. The van der Waals surface area contributed by atoms with Crippen molar-refractivity contribution in [3.05, 3.63) is 66.2 Å². The van der Waals surface area contributed by atoms with Crippen molar-refractivity contribution in [1.82, 2.24) is 15.8 Å². The fourth-order valence-electron chi connectivity index (χ4n) is 3.51. The number of nitrogens with one attached hydrogen (secondary N) is 2. The molecule has 5 heteroatoms. The van der Waals surface area contributed by atoms with E-state index < -0.39 is 0 Å². The molecule has 0 radical (unpaired) electrons. The van der Waals surface area contributed by atoms with Crippen LogP contribution in [0.2, 0.25) is 0 Å². The zero-order valence-electron chi connectivity index (χ0n) is 16.3. The summed E-state index contributed by atoms with van der Waals surface area (Å²) < 4.78 is 0. The first-order valence-electron chi connectivity index (χ1n) is 9.69. The zero-order valence-corrected chi connectivity index (χ0v) is 16.3. The number of benzene rings is 2. The number of hydrogen-bond donors (Lipinski definition) is 2. The molecule has 0 spiro atoms. The molecule has 1 heterocycles. The maximum Gasteiger partial charge on any atom is 0.241 e. The Morgan fingerprint density at radius 2 is 1.67 bits per heavy atom. The molecule has 1 amide bonds. The molecule has 2 aromatic rings. The number of likely N-dealkylation sites (N-methyl/N-ethyl adjacent to an activating group) is 2. The molecular formula is C22H30N4O. The number of nitrogens with zero attached hydrogens (tertiary/aromatic N) is 2. The second-order valence-corrected chi connectivity index (χ2v) is 7.33. The molecule has 144 valence electrons. The summed E-state index contributed by atoms with van der Waals surface area (Å²) in [5, 5.41) is 0. The van der Waals surface area contributed by atoms with Crippen LogP contribution in [0.1, 0.15) is 30.9 Å². The van der Waals surface area contributed by atoms with Gasteiger partial charge in [0.25, 0.3) is 0 Å². The summed E-state index contributed by atoms with van der Waals surface area (Å²) in [6.45, 7) is 1.19. The van der Waals surface area contributed by atoms with Gasteiger partial charge in [-0.15, -0.1) is 0 Å². The summed E-state index contributed by atoms with van der Waals surface area (Å²) in [5.74, 6) is 0.154. The molecule has 0 aliphatic carbocycles. The van der Waals surface area contributed by atoms with E-state index in [4.69, 9.17) is 0 Å². The summed E-state index contributed by atoms with van der Waals surface area (Å²) in [6.07, 6.45) is 3.14. The van der Waals surface area contributed by atoms with Crippen molar-refractivity contribution in [3.8, 4) is 0 Å². The van der Waals surface area contributed by atoms with E-state index in [1.54, 1.807) is 0 Å². The van der Waals surface area contributed by atoms with Crippen LogP contribution in [-0.4, -0.2) is 44.0 Å². The highest BCUT2D eigenvalue weighted by Crippen LogP contribution is 2.23. The average Bonchev–Trinajstić information content (AvgIpc) is 3.18. The van der Waals surface area contributed by atoms with Crippen LogP contribution in [0.4, 0.5) is 5.69 Å². The lowest BCUT2D eigenvalue weighted by molar-refractivity contribution is -0.128. The number of rotatable bonds is 8. The molecular weight excluding hydrogens is 336 g/mol. The number of amides is 1. The van der Waals surface area contributed by atoms with Crippen LogP contribution < -0.4 is 15.8 Å². The lowest BCUT2D eigenvalue weighted by Crippen LogP contribution is -2.37. The maximum absolute atomic E-state index is 12.4. The SMILES string of the molecule is CN(CCCC1CC(c2ccccc2)NN1)C(=O)CN(C)c1ccccc1. The fourth-order valence-corrected chi connectivity index (χ4v) is 3.51. The summed E-state index contributed by atoms with van der Waals surface area (Å²) in [4.78, 5) is 16.3. The van der Waals surface area contributed by atoms with Gasteiger partial charge in [-0.25, -0.2) is 0 Å².